The van der Waals surface area contributed by atoms with Crippen molar-refractivity contribution in [2.24, 2.45) is 0 Å². The van der Waals surface area contributed by atoms with E-state index >= 15 is 0 Å². The van der Waals surface area contributed by atoms with E-state index in [2.05, 4.69) is 14.1 Å². The largest absolute Gasteiger partial charge is 1.00 e. The minimum Gasteiger partial charge on any atom is -1.00 e. The number of hydrogen-bond acceptors (Lipinski definition) is 6. The third kappa shape index (κ3) is 3.08. The molecule has 0 aliphatic carbocycles. The van der Waals surface area contributed by atoms with Gasteiger partial charge in [0, 0.05) is 12.8 Å². The lowest BCUT2D eigenvalue weighted by Gasteiger charge is -2.45. The molecular formula is C19H24BrNO5S2. The number of hydrogen-bond donors (Lipinski definition) is 1. The van der Waals surface area contributed by atoms with Gasteiger partial charge in [-0.25, -0.2) is 4.79 Å². The van der Waals surface area contributed by atoms with Gasteiger partial charge in [0.25, 0.3) is 0 Å². The lowest BCUT2D eigenvalue weighted by atomic mass is 9.95. The molecule has 3 N–H and O–H groups in total. The number of carbonyl (C=O) groups is 1. The van der Waals surface area contributed by atoms with Crippen LogP contribution in [-0.4, -0.2) is 65.5 Å². The average molecular weight is 490 g/mol. The molecular weight excluding hydrogens is 466 g/mol. The summed E-state index contributed by atoms with van der Waals surface area (Å²) < 4.78 is 12.6. The molecule has 0 amide bonds. The Morgan fingerprint density at radius 1 is 1.14 bits per heavy atom. The number of halogens is 1. The van der Waals surface area contributed by atoms with E-state index in [1.807, 2.05) is 22.9 Å². The number of quaternary nitrogens is 1. The Morgan fingerprint density at radius 2 is 1.64 bits per heavy atom. The van der Waals surface area contributed by atoms with Crippen LogP contribution in [0.5, 0.6) is 0 Å². The zero-order valence-electron chi connectivity index (χ0n) is 15.6. The van der Waals surface area contributed by atoms with E-state index < -0.39 is 11.6 Å². The Morgan fingerprint density at radius 3 is 2.07 bits per heavy atom. The predicted octanol–water partition coefficient (Wildman–Crippen LogP) is -1.47. The molecule has 6 nitrogen and oxygen atoms in total. The Labute approximate surface area is 182 Å². The van der Waals surface area contributed by atoms with Crippen LogP contribution in [0, 0.1) is 0 Å². The fraction of sp³-hybridized carbons (Fsp3) is 0.526. The van der Waals surface area contributed by atoms with Crippen molar-refractivity contribution in [2.75, 3.05) is 14.1 Å². The minimum atomic E-state index is -1.72. The third-order valence-electron chi connectivity index (χ3n) is 6.36. The molecule has 28 heavy (non-hydrogen) atoms. The number of aliphatic hydroxyl groups is 1. The molecule has 0 saturated carbocycles. The van der Waals surface area contributed by atoms with E-state index in [1.54, 1.807) is 12.1 Å². The second-order valence-electron chi connectivity index (χ2n) is 7.99. The summed E-state index contributed by atoms with van der Waals surface area (Å²) in [7, 11) is 4.49. The molecule has 2 aromatic heterocycles. The van der Waals surface area contributed by atoms with Crippen LogP contribution in [0.1, 0.15) is 22.6 Å². The number of nitrogens with zero attached hydrogens (tertiary/aromatic N) is 1. The molecule has 3 aliphatic rings. The van der Waals surface area contributed by atoms with E-state index in [0.717, 1.165) is 17.3 Å². The topological polar surface area (TPSA) is 90.6 Å². The average Bonchev–Trinajstić information content (AvgIpc) is 2.98. The van der Waals surface area contributed by atoms with Crippen LogP contribution in [0.25, 0.3) is 0 Å². The van der Waals surface area contributed by atoms with Gasteiger partial charge in [-0.1, -0.05) is 12.1 Å². The highest BCUT2D eigenvalue weighted by molar-refractivity contribution is 7.12. The van der Waals surface area contributed by atoms with Gasteiger partial charge in [0.15, 0.2) is 0 Å². The van der Waals surface area contributed by atoms with Gasteiger partial charge in [0.2, 0.25) is 5.60 Å². The van der Waals surface area contributed by atoms with Crippen LogP contribution in [0.4, 0.5) is 0 Å². The molecule has 0 spiro atoms. The van der Waals surface area contributed by atoms with Crippen molar-refractivity contribution in [2.45, 2.75) is 48.8 Å². The molecule has 0 radical (unpaired) electrons. The van der Waals surface area contributed by atoms with Crippen LogP contribution < -0.4 is 17.0 Å². The number of epoxide rings is 1. The van der Waals surface area contributed by atoms with Crippen molar-refractivity contribution in [1.29, 1.82) is 0 Å². The zero-order chi connectivity index (χ0) is 18.1. The molecule has 5 rings (SSSR count). The number of piperidine rings is 1. The normalized spacial score (nSPS) is 31.9. The SMILES string of the molecule is C[N+]1(C)[C@@H]2CC(OC(=O)C(O)(c3cccs3)c3cccs3)C[C@@H]1[C@H]1O[C@@H]12.O.[Br-]. The number of likely N-dealkylation sites (N-methyl/N-ethyl adjacent to an activating group) is 1. The number of carbonyl (C=O) groups excluding carboxylic acids is 1. The summed E-state index contributed by atoms with van der Waals surface area (Å²) in [5.74, 6) is -0.561. The number of esters is 1. The van der Waals surface area contributed by atoms with Crippen molar-refractivity contribution in [3.63, 3.8) is 0 Å². The molecule has 3 fully saturated rings. The highest BCUT2D eigenvalue weighted by Gasteiger charge is 2.71. The predicted molar refractivity (Wildman–Crippen MR) is 103 cm³/mol. The Hall–Kier alpha value is -0.810. The quantitative estimate of drug-likeness (QED) is 0.322. The number of fused-ring (bicyclic) bond motifs is 5. The summed E-state index contributed by atoms with van der Waals surface area (Å²) in [5.41, 5.74) is -1.72. The van der Waals surface area contributed by atoms with Gasteiger partial charge in [0.1, 0.15) is 30.4 Å². The van der Waals surface area contributed by atoms with Gasteiger partial charge in [-0.3, -0.25) is 0 Å². The standard InChI is InChI=1S/C19H22NO4S2.BrH.H2O/c1-20(2)12-9-11(10-13(20)17-16(12)24-17)23-18(21)19(22,14-5-3-7-25-14)15-6-4-8-26-15;;/h3-8,11-13,16-17,22H,9-10H2,1-2H3;1H;1H2/q+1;;/p-1/t12-,13-,16-,17-;;/m1../s1. The smallest absolute Gasteiger partial charge is 0.349 e. The van der Waals surface area contributed by atoms with Crippen molar-refractivity contribution in [1.82, 2.24) is 0 Å². The lowest BCUT2D eigenvalue weighted by molar-refractivity contribution is -0.938. The maximum absolute atomic E-state index is 13.1. The van der Waals surface area contributed by atoms with Crippen molar-refractivity contribution in [3.05, 3.63) is 44.8 Å². The summed E-state index contributed by atoms with van der Waals surface area (Å²) >= 11 is 2.74. The van der Waals surface area contributed by atoms with E-state index in [-0.39, 0.29) is 28.6 Å². The molecule has 4 atom stereocenters. The first-order valence-corrected chi connectivity index (χ1v) is 10.7. The van der Waals surface area contributed by atoms with Crippen molar-refractivity contribution < 1.29 is 46.3 Å². The fourth-order valence-electron chi connectivity index (χ4n) is 4.83. The molecule has 3 saturated heterocycles. The van der Waals surface area contributed by atoms with E-state index in [1.165, 1.54) is 22.7 Å². The minimum absolute atomic E-state index is 0. The van der Waals surface area contributed by atoms with E-state index in [0.29, 0.717) is 34.0 Å². The number of thiophene rings is 2. The number of rotatable bonds is 4. The molecule has 2 bridgehead atoms. The molecule has 3 aliphatic heterocycles. The van der Waals surface area contributed by atoms with Gasteiger partial charge in [-0.05, 0) is 22.9 Å². The number of morpholine rings is 1. The van der Waals surface area contributed by atoms with Crippen molar-refractivity contribution >= 4 is 28.6 Å². The second-order valence-corrected chi connectivity index (χ2v) is 9.89. The lowest BCUT2D eigenvalue weighted by Crippen LogP contribution is -3.00. The second kappa shape index (κ2) is 7.46. The maximum Gasteiger partial charge on any atom is 0.349 e. The van der Waals surface area contributed by atoms with E-state index in [9.17, 15) is 9.90 Å². The highest BCUT2D eigenvalue weighted by atomic mass is 79.9. The Balaban J connectivity index is 0.00000112. The molecule has 154 valence electrons. The molecule has 2 aromatic rings. The molecule has 5 heterocycles. The van der Waals surface area contributed by atoms with Crippen LogP contribution >= 0.6 is 22.7 Å². The van der Waals surface area contributed by atoms with Gasteiger partial charge in [-0.2, -0.15) is 0 Å². The Kier molecular flexibility index (Phi) is 5.83. The third-order valence-corrected chi connectivity index (χ3v) is 8.32. The first-order chi connectivity index (χ1) is 12.4. The van der Waals surface area contributed by atoms with Crippen LogP contribution in [-0.2, 0) is 19.9 Å². The van der Waals surface area contributed by atoms with Gasteiger partial charge < -0.3 is 41.5 Å². The van der Waals surface area contributed by atoms with Crippen LogP contribution in [0.3, 0.4) is 0 Å². The first kappa shape index (κ1) is 21.9. The molecule has 0 aromatic carbocycles. The monoisotopic (exact) mass is 489 g/mol. The first-order valence-electron chi connectivity index (χ1n) is 8.92. The maximum atomic E-state index is 13.1. The zero-order valence-corrected chi connectivity index (χ0v) is 18.8. The summed E-state index contributed by atoms with van der Waals surface area (Å²) in [4.78, 5) is 14.3. The van der Waals surface area contributed by atoms with Crippen molar-refractivity contribution in [3.8, 4) is 0 Å². The summed E-state index contributed by atoms with van der Waals surface area (Å²) in [5, 5.41) is 15.1. The van der Waals surface area contributed by atoms with Crippen LogP contribution in [0.2, 0.25) is 0 Å². The molecule has 9 heteroatoms. The number of ether oxygens (including phenoxy) is 2. The van der Waals surface area contributed by atoms with E-state index in [4.69, 9.17) is 9.47 Å². The highest BCUT2D eigenvalue weighted by Crippen LogP contribution is 2.52. The van der Waals surface area contributed by atoms with Gasteiger partial charge in [-0.15, -0.1) is 22.7 Å². The Bertz CT molecular complexity index is 771. The van der Waals surface area contributed by atoms with Crippen LogP contribution in [0.15, 0.2) is 35.0 Å². The summed E-state index contributed by atoms with van der Waals surface area (Å²) in [6, 6.07) is 8.01. The van der Waals surface area contributed by atoms with Gasteiger partial charge >= 0.3 is 5.97 Å². The fourth-order valence-corrected chi connectivity index (χ4v) is 6.54. The molecule has 0 unspecified atom stereocenters. The van der Waals surface area contributed by atoms with Gasteiger partial charge in [0.05, 0.1) is 23.8 Å². The summed E-state index contributed by atoms with van der Waals surface area (Å²) in [6.45, 7) is 0. The summed E-state index contributed by atoms with van der Waals surface area (Å²) in [6.07, 6.45) is 2.05.